The Bertz CT molecular complexity index is 955. The van der Waals surface area contributed by atoms with Crippen LogP contribution in [0.15, 0.2) is 65.8 Å². The molecule has 0 bridgehead atoms. The van der Waals surface area contributed by atoms with Crippen molar-refractivity contribution in [3.63, 3.8) is 0 Å². The van der Waals surface area contributed by atoms with Crippen molar-refractivity contribution in [3.05, 3.63) is 72.1 Å². The highest BCUT2D eigenvalue weighted by molar-refractivity contribution is 7.99. The van der Waals surface area contributed by atoms with Crippen molar-refractivity contribution in [1.29, 1.82) is 0 Å². The van der Waals surface area contributed by atoms with Gasteiger partial charge < -0.3 is 10.2 Å². The fourth-order valence-electron chi connectivity index (χ4n) is 3.84. The van der Waals surface area contributed by atoms with Crippen molar-refractivity contribution >= 4 is 17.7 Å². The van der Waals surface area contributed by atoms with E-state index >= 15 is 0 Å². The van der Waals surface area contributed by atoms with Crippen LogP contribution in [0.5, 0.6) is 0 Å². The van der Waals surface area contributed by atoms with E-state index in [4.69, 9.17) is 0 Å². The molecule has 3 aromatic rings. The second-order valence-corrected chi connectivity index (χ2v) is 8.72. The van der Waals surface area contributed by atoms with Crippen molar-refractivity contribution in [2.75, 3.05) is 31.9 Å². The molecule has 4 rings (SSSR count). The summed E-state index contributed by atoms with van der Waals surface area (Å²) in [5.41, 5.74) is 2.19. The number of amides is 1. The van der Waals surface area contributed by atoms with Crippen molar-refractivity contribution < 1.29 is 4.79 Å². The first-order valence-corrected chi connectivity index (χ1v) is 11.9. The molecule has 0 radical (unpaired) electrons. The van der Waals surface area contributed by atoms with Crippen LogP contribution >= 0.6 is 11.8 Å². The fraction of sp³-hybridized carbons (Fsp3) is 0.375. The summed E-state index contributed by atoms with van der Waals surface area (Å²) in [6.07, 6.45) is 4.55. The second-order valence-electron chi connectivity index (χ2n) is 7.77. The number of thioether (sulfide) groups is 1. The summed E-state index contributed by atoms with van der Waals surface area (Å²) in [4.78, 5) is 14.8. The molecule has 31 heavy (non-hydrogen) atoms. The molecule has 1 fully saturated rings. The van der Waals surface area contributed by atoms with Gasteiger partial charge in [-0.25, -0.2) is 0 Å². The Kier molecular flexibility index (Phi) is 7.74. The van der Waals surface area contributed by atoms with E-state index in [1.165, 1.54) is 36.6 Å². The number of aromatic nitrogens is 3. The molecular formula is C24H29N5OS. The minimum Gasteiger partial charge on any atom is -0.354 e. The number of benzene rings is 2. The average Bonchev–Trinajstić information content (AvgIpc) is 3.22. The molecule has 2 heterocycles. The lowest BCUT2D eigenvalue weighted by atomic mass is 10.1. The van der Waals surface area contributed by atoms with Gasteiger partial charge in [0.05, 0.1) is 5.75 Å². The number of likely N-dealkylation sites (tertiary alicyclic amines) is 1. The third-order valence-electron chi connectivity index (χ3n) is 5.45. The molecule has 1 aliphatic rings. The van der Waals surface area contributed by atoms with Crippen molar-refractivity contribution in [2.45, 2.75) is 30.8 Å². The number of rotatable bonds is 9. The second kappa shape index (κ2) is 11.1. The van der Waals surface area contributed by atoms with Gasteiger partial charge in [0.1, 0.15) is 5.82 Å². The lowest BCUT2D eigenvalue weighted by Gasteiger charge is -2.26. The van der Waals surface area contributed by atoms with Crippen molar-refractivity contribution in [2.24, 2.45) is 0 Å². The number of para-hydroxylation sites is 1. The topological polar surface area (TPSA) is 63.1 Å². The standard InChI is InChI=1S/C24H29N5OS/c30-23(25-14-17-28-15-8-3-9-16-28)19-31-24-27-26-22(18-20-10-4-1-5-11-20)29(24)21-12-6-2-7-13-21/h1-2,4-7,10-13H,3,8-9,14-19H2,(H,25,30). The monoisotopic (exact) mass is 435 g/mol. The maximum Gasteiger partial charge on any atom is 0.230 e. The Morgan fingerprint density at radius 3 is 2.39 bits per heavy atom. The smallest absolute Gasteiger partial charge is 0.230 e. The Hall–Kier alpha value is -2.64. The van der Waals surface area contributed by atoms with Crippen LogP contribution in [0.3, 0.4) is 0 Å². The highest BCUT2D eigenvalue weighted by Crippen LogP contribution is 2.23. The summed E-state index contributed by atoms with van der Waals surface area (Å²) in [6.45, 7) is 3.92. The molecule has 1 aromatic heterocycles. The predicted octanol–water partition coefficient (Wildman–Crippen LogP) is 3.55. The van der Waals surface area contributed by atoms with Gasteiger partial charge in [-0.3, -0.25) is 9.36 Å². The molecule has 7 heteroatoms. The Morgan fingerprint density at radius 2 is 1.65 bits per heavy atom. The van der Waals surface area contributed by atoms with Gasteiger partial charge in [0, 0.05) is 25.2 Å². The number of carbonyl (C=O) groups is 1. The molecule has 0 aliphatic carbocycles. The molecule has 0 unspecified atom stereocenters. The van der Waals surface area contributed by atoms with E-state index in [9.17, 15) is 4.79 Å². The van der Waals surface area contributed by atoms with E-state index in [0.29, 0.717) is 18.7 Å². The number of hydrogen-bond donors (Lipinski definition) is 1. The SMILES string of the molecule is O=C(CSc1nnc(Cc2ccccc2)n1-c1ccccc1)NCCN1CCCCC1. The van der Waals surface area contributed by atoms with Gasteiger partial charge >= 0.3 is 0 Å². The third kappa shape index (κ3) is 6.18. The first-order chi connectivity index (χ1) is 15.3. The van der Waals surface area contributed by atoms with Crippen LogP contribution in [0.4, 0.5) is 0 Å². The van der Waals surface area contributed by atoms with Gasteiger partial charge in [-0.05, 0) is 43.6 Å². The van der Waals surface area contributed by atoms with Crippen LogP contribution in [0.25, 0.3) is 5.69 Å². The molecule has 162 valence electrons. The molecule has 6 nitrogen and oxygen atoms in total. The van der Waals surface area contributed by atoms with Crippen LogP contribution in [-0.4, -0.2) is 57.5 Å². The van der Waals surface area contributed by atoms with Crippen LogP contribution < -0.4 is 5.32 Å². The van der Waals surface area contributed by atoms with Gasteiger partial charge in [0.2, 0.25) is 5.91 Å². The molecule has 1 N–H and O–H groups in total. The Labute approximate surface area is 188 Å². The van der Waals surface area contributed by atoms with Gasteiger partial charge in [-0.2, -0.15) is 0 Å². The maximum absolute atomic E-state index is 12.4. The molecule has 1 amide bonds. The van der Waals surface area contributed by atoms with E-state index in [-0.39, 0.29) is 5.91 Å². The van der Waals surface area contributed by atoms with Crippen molar-refractivity contribution in [3.8, 4) is 5.69 Å². The van der Waals surface area contributed by atoms with Gasteiger partial charge in [-0.1, -0.05) is 66.7 Å². The highest BCUT2D eigenvalue weighted by atomic mass is 32.2. The highest BCUT2D eigenvalue weighted by Gasteiger charge is 2.16. The van der Waals surface area contributed by atoms with E-state index < -0.39 is 0 Å². The summed E-state index contributed by atoms with van der Waals surface area (Å²) in [6, 6.07) is 20.3. The zero-order chi connectivity index (χ0) is 21.3. The van der Waals surface area contributed by atoms with E-state index in [2.05, 4.69) is 37.1 Å². The number of nitrogens with one attached hydrogen (secondary N) is 1. The number of nitrogens with zero attached hydrogens (tertiary/aromatic N) is 4. The molecule has 1 saturated heterocycles. The molecule has 0 saturated carbocycles. The van der Waals surface area contributed by atoms with Crippen LogP contribution in [0, 0.1) is 0 Å². The number of carbonyl (C=O) groups excluding carboxylic acids is 1. The van der Waals surface area contributed by atoms with E-state index in [1.807, 2.05) is 48.5 Å². The van der Waals surface area contributed by atoms with Crippen LogP contribution in [-0.2, 0) is 11.2 Å². The van der Waals surface area contributed by atoms with E-state index in [0.717, 1.165) is 36.3 Å². The Morgan fingerprint density at radius 1 is 0.935 bits per heavy atom. The number of piperidine rings is 1. The summed E-state index contributed by atoms with van der Waals surface area (Å²) in [7, 11) is 0. The van der Waals surface area contributed by atoms with Gasteiger partial charge in [-0.15, -0.1) is 10.2 Å². The van der Waals surface area contributed by atoms with Gasteiger partial charge in [0.25, 0.3) is 0 Å². The zero-order valence-electron chi connectivity index (χ0n) is 17.7. The molecule has 0 spiro atoms. The van der Waals surface area contributed by atoms with Crippen molar-refractivity contribution in [1.82, 2.24) is 25.0 Å². The Balaban J connectivity index is 1.38. The maximum atomic E-state index is 12.4. The largest absolute Gasteiger partial charge is 0.354 e. The summed E-state index contributed by atoms with van der Waals surface area (Å²) < 4.78 is 2.05. The third-order valence-corrected chi connectivity index (χ3v) is 6.38. The minimum atomic E-state index is 0.0363. The minimum absolute atomic E-state index is 0.0363. The first-order valence-electron chi connectivity index (χ1n) is 10.9. The van der Waals surface area contributed by atoms with Gasteiger partial charge in [0.15, 0.2) is 5.16 Å². The molecule has 2 aromatic carbocycles. The fourth-order valence-corrected chi connectivity index (χ4v) is 4.64. The summed E-state index contributed by atoms with van der Waals surface area (Å²) in [5, 5.41) is 12.6. The summed E-state index contributed by atoms with van der Waals surface area (Å²) in [5.74, 6) is 1.23. The first kappa shape index (κ1) is 21.6. The molecule has 0 atom stereocenters. The lowest BCUT2D eigenvalue weighted by molar-refractivity contribution is -0.118. The van der Waals surface area contributed by atoms with E-state index in [1.54, 1.807) is 0 Å². The average molecular weight is 436 g/mol. The van der Waals surface area contributed by atoms with Crippen LogP contribution in [0.1, 0.15) is 30.7 Å². The summed E-state index contributed by atoms with van der Waals surface area (Å²) >= 11 is 1.43. The normalized spacial score (nSPS) is 14.5. The molecule has 1 aliphatic heterocycles. The lowest BCUT2D eigenvalue weighted by Crippen LogP contribution is -2.38. The quantitative estimate of drug-likeness (QED) is 0.521. The predicted molar refractivity (Wildman–Crippen MR) is 125 cm³/mol. The number of hydrogen-bond acceptors (Lipinski definition) is 5. The van der Waals surface area contributed by atoms with Crippen LogP contribution in [0.2, 0.25) is 0 Å². The molecular weight excluding hydrogens is 406 g/mol. The zero-order valence-corrected chi connectivity index (χ0v) is 18.6.